The summed E-state index contributed by atoms with van der Waals surface area (Å²) in [4.78, 5) is 4.09. The van der Waals surface area contributed by atoms with Crippen LogP contribution in [0.3, 0.4) is 0 Å². The third kappa shape index (κ3) is 3.43. The Labute approximate surface area is 115 Å². The van der Waals surface area contributed by atoms with Gasteiger partial charge in [0.1, 0.15) is 17.3 Å². The topological polar surface area (TPSA) is 42.4 Å². The monoisotopic (exact) mass is 281 g/mol. The zero-order valence-electron chi connectivity index (χ0n) is 10.3. The molecule has 0 aliphatic heterocycles. The highest BCUT2D eigenvalue weighted by atomic mass is 35.5. The molecule has 5 heteroatoms. The van der Waals surface area contributed by atoms with E-state index in [0.29, 0.717) is 23.6 Å². The van der Waals surface area contributed by atoms with Crippen molar-refractivity contribution in [2.75, 3.05) is 0 Å². The summed E-state index contributed by atoms with van der Waals surface area (Å²) in [5.74, 6) is 0.270. The van der Waals surface area contributed by atoms with Gasteiger partial charge in [0.05, 0.1) is 23.0 Å². The van der Waals surface area contributed by atoms with E-state index in [1.807, 2.05) is 6.92 Å². The van der Waals surface area contributed by atoms with E-state index >= 15 is 0 Å². The van der Waals surface area contributed by atoms with Gasteiger partial charge in [-0.05, 0) is 30.7 Å². The molecule has 2 aromatic rings. The lowest BCUT2D eigenvalue weighted by atomic mass is 10.2. The predicted molar refractivity (Wildman–Crippen MR) is 71.0 cm³/mol. The van der Waals surface area contributed by atoms with E-state index in [-0.39, 0.29) is 5.02 Å². The molecule has 0 aliphatic carbocycles. The summed E-state index contributed by atoms with van der Waals surface area (Å²) in [6.45, 7) is 1.87. The molecular formula is C14H13ClFNO2. The average molecular weight is 282 g/mol. The molecule has 0 radical (unpaired) electrons. The molecule has 0 fully saturated rings. The number of nitrogens with zero attached hydrogens (tertiary/aromatic N) is 1. The van der Waals surface area contributed by atoms with Crippen LogP contribution >= 0.6 is 11.6 Å². The summed E-state index contributed by atoms with van der Waals surface area (Å²) in [6.07, 6.45) is 1.50. The molecule has 0 amide bonds. The number of hydrogen-bond donors (Lipinski definition) is 1. The van der Waals surface area contributed by atoms with E-state index in [0.717, 1.165) is 0 Å². The number of aliphatic hydroxyl groups excluding tert-OH is 1. The highest BCUT2D eigenvalue weighted by molar-refractivity contribution is 6.30. The lowest BCUT2D eigenvalue weighted by molar-refractivity contribution is 0.169. The van der Waals surface area contributed by atoms with Crippen molar-refractivity contribution in [2.45, 2.75) is 19.4 Å². The maximum absolute atomic E-state index is 13.2. The van der Waals surface area contributed by atoms with Crippen LogP contribution in [0.2, 0.25) is 5.02 Å². The maximum Gasteiger partial charge on any atom is 0.145 e. The van der Waals surface area contributed by atoms with Crippen molar-refractivity contribution in [3.8, 4) is 11.5 Å². The molecule has 1 aromatic carbocycles. The molecule has 2 rings (SSSR count). The largest absolute Gasteiger partial charge is 0.456 e. The zero-order chi connectivity index (χ0) is 13.8. The average Bonchev–Trinajstić information content (AvgIpc) is 2.43. The van der Waals surface area contributed by atoms with Crippen LogP contribution in [0.15, 0.2) is 36.5 Å². The molecule has 1 atom stereocenters. The van der Waals surface area contributed by atoms with E-state index in [4.69, 9.17) is 16.3 Å². The van der Waals surface area contributed by atoms with Crippen molar-refractivity contribution in [1.29, 1.82) is 0 Å². The van der Waals surface area contributed by atoms with Gasteiger partial charge in [-0.15, -0.1) is 0 Å². The van der Waals surface area contributed by atoms with Crippen LogP contribution in [-0.4, -0.2) is 10.1 Å². The summed E-state index contributed by atoms with van der Waals surface area (Å²) in [5, 5.41) is 9.66. The van der Waals surface area contributed by atoms with Crippen molar-refractivity contribution < 1.29 is 14.2 Å². The lowest BCUT2D eigenvalue weighted by Gasteiger charge is -2.09. The second kappa shape index (κ2) is 5.99. The Balaban J connectivity index is 2.12. The van der Waals surface area contributed by atoms with Crippen LogP contribution in [0.5, 0.6) is 11.5 Å². The van der Waals surface area contributed by atoms with Crippen LogP contribution in [0.4, 0.5) is 4.39 Å². The summed E-state index contributed by atoms with van der Waals surface area (Å²) in [7, 11) is 0. The van der Waals surface area contributed by atoms with E-state index < -0.39 is 11.9 Å². The molecule has 0 bridgehead atoms. The fraction of sp³-hybridized carbons (Fsp3) is 0.214. The van der Waals surface area contributed by atoms with Crippen LogP contribution in [0.1, 0.15) is 25.1 Å². The number of hydrogen-bond acceptors (Lipinski definition) is 3. The van der Waals surface area contributed by atoms with Gasteiger partial charge in [-0.25, -0.2) is 4.39 Å². The molecule has 0 unspecified atom stereocenters. The smallest absolute Gasteiger partial charge is 0.145 e. The summed E-state index contributed by atoms with van der Waals surface area (Å²) in [5.41, 5.74) is 0.581. The summed E-state index contributed by atoms with van der Waals surface area (Å²) < 4.78 is 18.7. The number of rotatable bonds is 4. The van der Waals surface area contributed by atoms with E-state index in [9.17, 15) is 9.50 Å². The number of aromatic nitrogens is 1. The summed E-state index contributed by atoms with van der Waals surface area (Å²) in [6, 6.07) is 7.55. The van der Waals surface area contributed by atoms with Crippen LogP contribution < -0.4 is 4.74 Å². The second-order valence-electron chi connectivity index (χ2n) is 4.02. The quantitative estimate of drug-likeness (QED) is 0.917. The molecule has 1 aromatic heterocycles. The Morgan fingerprint density at radius 1 is 1.32 bits per heavy atom. The molecule has 1 heterocycles. The minimum absolute atomic E-state index is 0.0480. The maximum atomic E-state index is 13.2. The first-order valence-electron chi connectivity index (χ1n) is 5.87. The Bertz CT molecular complexity index is 560. The molecule has 0 saturated carbocycles. The van der Waals surface area contributed by atoms with Gasteiger partial charge in [0.2, 0.25) is 0 Å². The predicted octanol–water partition coefficient (Wildman–Crippen LogP) is 4.11. The number of ether oxygens (including phenoxy) is 1. The van der Waals surface area contributed by atoms with Crippen LogP contribution in [0.25, 0.3) is 0 Å². The molecule has 0 saturated heterocycles. The van der Waals surface area contributed by atoms with E-state index in [1.54, 1.807) is 18.2 Å². The van der Waals surface area contributed by atoms with Crippen LogP contribution in [0, 0.1) is 5.82 Å². The molecule has 3 nitrogen and oxygen atoms in total. The van der Waals surface area contributed by atoms with Gasteiger partial charge >= 0.3 is 0 Å². The first-order valence-corrected chi connectivity index (χ1v) is 6.25. The Kier molecular flexibility index (Phi) is 4.35. The highest BCUT2D eigenvalue weighted by Crippen LogP contribution is 2.25. The van der Waals surface area contributed by atoms with Gasteiger partial charge in [-0.3, -0.25) is 4.98 Å². The molecule has 1 N–H and O–H groups in total. The third-order valence-electron chi connectivity index (χ3n) is 2.61. The van der Waals surface area contributed by atoms with Gasteiger partial charge < -0.3 is 9.84 Å². The van der Waals surface area contributed by atoms with Gasteiger partial charge in [0, 0.05) is 6.07 Å². The molecule has 0 aliphatic rings. The normalized spacial score (nSPS) is 12.2. The minimum Gasteiger partial charge on any atom is -0.456 e. The fourth-order valence-electron chi connectivity index (χ4n) is 1.53. The van der Waals surface area contributed by atoms with Gasteiger partial charge in [0.15, 0.2) is 0 Å². The second-order valence-corrected chi connectivity index (χ2v) is 4.43. The number of pyridine rings is 1. The molecular weight excluding hydrogens is 269 g/mol. The van der Waals surface area contributed by atoms with Gasteiger partial charge in [-0.1, -0.05) is 18.5 Å². The summed E-state index contributed by atoms with van der Waals surface area (Å²) >= 11 is 5.58. The van der Waals surface area contributed by atoms with Crippen molar-refractivity contribution in [1.82, 2.24) is 4.98 Å². The first kappa shape index (κ1) is 13.8. The molecule has 0 spiro atoms. The van der Waals surface area contributed by atoms with E-state index in [1.165, 1.54) is 18.3 Å². The van der Waals surface area contributed by atoms with Crippen molar-refractivity contribution in [2.24, 2.45) is 0 Å². The van der Waals surface area contributed by atoms with Crippen molar-refractivity contribution in [3.63, 3.8) is 0 Å². The Morgan fingerprint density at radius 2 is 2.05 bits per heavy atom. The fourth-order valence-corrected chi connectivity index (χ4v) is 1.65. The minimum atomic E-state index is -0.581. The SMILES string of the molecule is CC[C@@H](O)c1ccc(Oc2ccc(Cl)c(F)c2)cn1. The Hall–Kier alpha value is -1.65. The molecule has 100 valence electrons. The Morgan fingerprint density at radius 3 is 2.63 bits per heavy atom. The highest BCUT2D eigenvalue weighted by Gasteiger charge is 2.07. The van der Waals surface area contributed by atoms with Crippen molar-refractivity contribution in [3.05, 3.63) is 53.1 Å². The van der Waals surface area contributed by atoms with E-state index in [2.05, 4.69) is 4.98 Å². The molecule has 19 heavy (non-hydrogen) atoms. The first-order chi connectivity index (χ1) is 9.10. The van der Waals surface area contributed by atoms with Crippen molar-refractivity contribution >= 4 is 11.6 Å². The number of halogens is 2. The van der Waals surface area contributed by atoms with Gasteiger partial charge in [-0.2, -0.15) is 0 Å². The third-order valence-corrected chi connectivity index (χ3v) is 2.92. The van der Waals surface area contributed by atoms with Crippen LogP contribution in [-0.2, 0) is 0 Å². The number of aliphatic hydroxyl groups is 1. The zero-order valence-corrected chi connectivity index (χ0v) is 11.1. The standard InChI is InChI=1S/C14H13ClFNO2/c1-2-14(18)13-6-4-10(8-17-13)19-9-3-5-11(15)12(16)7-9/h3-8,14,18H,2H2,1H3/t14-/m1/s1. The number of benzene rings is 1. The lowest BCUT2D eigenvalue weighted by Crippen LogP contribution is -1.98. The van der Waals surface area contributed by atoms with Gasteiger partial charge in [0.25, 0.3) is 0 Å².